The highest BCUT2D eigenvalue weighted by molar-refractivity contribution is 6.08. The molecule has 5 heteroatoms. The minimum Gasteiger partial charge on any atom is -0.336 e. The molecule has 1 aromatic carbocycles. The second-order valence-corrected chi connectivity index (χ2v) is 7.16. The summed E-state index contributed by atoms with van der Waals surface area (Å²) in [6, 6.07) is 6.06. The van der Waals surface area contributed by atoms with Gasteiger partial charge in [-0.1, -0.05) is 12.1 Å². The average molecular weight is 362 g/mol. The number of hydrogen-bond donors (Lipinski definition) is 0. The van der Waals surface area contributed by atoms with Gasteiger partial charge in [-0.3, -0.25) is 4.79 Å². The molecular weight excluding hydrogens is 336 g/mol. The summed E-state index contributed by atoms with van der Waals surface area (Å²) >= 11 is 0. The van der Waals surface area contributed by atoms with E-state index in [1.807, 2.05) is 51.7 Å². The van der Waals surface area contributed by atoms with Gasteiger partial charge in [0, 0.05) is 35.9 Å². The molecular formula is C22H26N4O. The lowest BCUT2D eigenvalue weighted by Crippen LogP contribution is -2.36. The van der Waals surface area contributed by atoms with Gasteiger partial charge in [0.05, 0.1) is 16.8 Å². The number of aromatic nitrogens is 3. The van der Waals surface area contributed by atoms with E-state index in [2.05, 4.69) is 23.0 Å². The highest BCUT2D eigenvalue weighted by Crippen LogP contribution is 2.29. The summed E-state index contributed by atoms with van der Waals surface area (Å²) < 4.78 is 0. The van der Waals surface area contributed by atoms with E-state index in [9.17, 15) is 4.79 Å². The van der Waals surface area contributed by atoms with Crippen molar-refractivity contribution in [1.29, 1.82) is 0 Å². The Hall–Kier alpha value is -2.82. The molecule has 2 heterocycles. The van der Waals surface area contributed by atoms with Crippen LogP contribution < -0.4 is 0 Å². The average Bonchev–Trinajstić information content (AvgIpc) is 2.65. The molecule has 0 fully saturated rings. The van der Waals surface area contributed by atoms with E-state index in [4.69, 9.17) is 4.98 Å². The van der Waals surface area contributed by atoms with Gasteiger partial charge in [0.1, 0.15) is 5.82 Å². The molecule has 0 saturated carbocycles. The quantitative estimate of drug-likeness (QED) is 0.686. The van der Waals surface area contributed by atoms with E-state index in [1.165, 1.54) is 0 Å². The molecule has 1 amide bonds. The van der Waals surface area contributed by atoms with Crippen molar-refractivity contribution in [1.82, 2.24) is 19.9 Å². The van der Waals surface area contributed by atoms with Crippen molar-refractivity contribution in [3.05, 3.63) is 53.1 Å². The maximum absolute atomic E-state index is 13.3. The zero-order valence-electron chi connectivity index (χ0n) is 16.9. The van der Waals surface area contributed by atoms with Crippen LogP contribution in [0, 0.1) is 20.8 Å². The number of fused-ring (bicyclic) bond motifs is 1. The lowest BCUT2D eigenvalue weighted by molar-refractivity contribution is 0.0719. The summed E-state index contributed by atoms with van der Waals surface area (Å²) in [5, 5.41) is 0.888. The maximum atomic E-state index is 13.3. The fraction of sp³-hybridized carbons (Fsp3) is 0.364. The molecule has 0 aliphatic rings. The van der Waals surface area contributed by atoms with Gasteiger partial charge in [0.25, 0.3) is 5.91 Å². The largest absolute Gasteiger partial charge is 0.336 e. The van der Waals surface area contributed by atoms with Gasteiger partial charge < -0.3 is 4.90 Å². The van der Waals surface area contributed by atoms with Crippen LogP contribution in [0.25, 0.3) is 22.2 Å². The third kappa shape index (κ3) is 3.54. The molecule has 5 nitrogen and oxygen atoms in total. The Labute approximate surface area is 160 Å². The van der Waals surface area contributed by atoms with Crippen LogP contribution >= 0.6 is 0 Å². The van der Waals surface area contributed by atoms with Crippen LogP contribution in [-0.2, 0) is 0 Å². The van der Waals surface area contributed by atoms with Crippen molar-refractivity contribution in [3.8, 4) is 11.3 Å². The van der Waals surface area contributed by atoms with Crippen molar-refractivity contribution in [3.63, 3.8) is 0 Å². The van der Waals surface area contributed by atoms with E-state index >= 15 is 0 Å². The van der Waals surface area contributed by atoms with Gasteiger partial charge in [-0.05, 0) is 58.7 Å². The van der Waals surface area contributed by atoms with E-state index in [-0.39, 0.29) is 11.9 Å². The SMILES string of the molecule is CCN(C(=O)c1cc(-c2cnc(C)nc2)nc2c(C)c(C)ccc12)C(C)C. The van der Waals surface area contributed by atoms with E-state index < -0.39 is 0 Å². The molecule has 0 spiro atoms. The number of carbonyl (C=O) groups excluding carboxylic acids is 1. The van der Waals surface area contributed by atoms with Crippen molar-refractivity contribution < 1.29 is 4.79 Å². The first-order valence-corrected chi connectivity index (χ1v) is 9.34. The van der Waals surface area contributed by atoms with Crippen molar-refractivity contribution in [2.24, 2.45) is 0 Å². The highest BCUT2D eigenvalue weighted by Gasteiger charge is 2.22. The Balaban J connectivity index is 2.29. The molecule has 0 saturated heterocycles. The lowest BCUT2D eigenvalue weighted by atomic mass is 9.99. The fourth-order valence-corrected chi connectivity index (χ4v) is 3.28. The molecule has 0 aliphatic carbocycles. The van der Waals surface area contributed by atoms with Gasteiger partial charge in [-0.2, -0.15) is 0 Å². The van der Waals surface area contributed by atoms with Gasteiger partial charge in [-0.15, -0.1) is 0 Å². The number of hydrogen-bond acceptors (Lipinski definition) is 4. The van der Waals surface area contributed by atoms with Crippen molar-refractivity contribution >= 4 is 16.8 Å². The number of carbonyl (C=O) groups is 1. The van der Waals surface area contributed by atoms with Crippen LogP contribution in [0.5, 0.6) is 0 Å². The fourth-order valence-electron chi connectivity index (χ4n) is 3.28. The topological polar surface area (TPSA) is 59.0 Å². The van der Waals surface area contributed by atoms with E-state index in [0.717, 1.165) is 33.3 Å². The van der Waals surface area contributed by atoms with Crippen LogP contribution in [0.3, 0.4) is 0 Å². The van der Waals surface area contributed by atoms with Crippen molar-refractivity contribution in [2.75, 3.05) is 6.54 Å². The minimum absolute atomic E-state index is 0.0254. The van der Waals surface area contributed by atoms with Crippen LogP contribution in [-0.4, -0.2) is 38.3 Å². The summed E-state index contributed by atoms with van der Waals surface area (Å²) in [6.45, 7) is 12.7. The summed E-state index contributed by atoms with van der Waals surface area (Å²) in [5.74, 6) is 0.734. The second kappa shape index (κ2) is 7.43. The third-order valence-electron chi connectivity index (χ3n) is 5.04. The smallest absolute Gasteiger partial charge is 0.254 e. The standard InChI is InChI=1S/C22H26N4O/c1-7-26(13(2)3)22(27)19-10-20(17-11-23-16(6)24-12-17)25-21-15(5)14(4)8-9-18(19)21/h8-13H,7H2,1-6H3. The Morgan fingerprint density at radius 1 is 1.11 bits per heavy atom. The first-order chi connectivity index (χ1) is 12.8. The zero-order valence-corrected chi connectivity index (χ0v) is 16.9. The van der Waals surface area contributed by atoms with Crippen molar-refractivity contribution in [2.45, 2.75) is 47.6 Å². The van der Waals surface area contributed by atoms with Crippen LogP contribution in [0.15, 0.2) is 30.6 Å². The Kier molecular flexibility index (Phi) is 5.22. The van der Waals surface area contributed by atoms with E-state index in [0.29, 0.717) is 17.9 Å². The number of amides is 1. The molecule has 3 aromatic rings. The predicted molar refractivity (Wildman–Crippen MR) is 109 cm³/mol. The van der Waals surface area contributed by atoms with Gasteiger partial charge >= 0.3 is 0 Å². The minimum atomic E-state index is 0.0254. The highest BCUT2D eigenvalue weighted by atomic mass is 16.2. The van der Waals surface area contributed by atoms with E-state index in [1.54, 1.807) is 12.4 Å². The molecule has 0 atom stereocenters. The van der Waals surface area contributed by atoms with Crippen LogP contribution in [0.1, 0.15) is 48.1 Å². The number of benzene rings is 1. The third-order valence-corrected chi connectivity index (χ3v) is 5.04. The number of aryl methyl sites for hydroxylation is 3. The van der Waals surface area contributed by atoms with Crippen LogP contribution in [0.2, 0.25) is 0 Å². The maximum Gasteiger partial charge on any atom is 0.254 e. The first kappa shape index (κ1) is 19.0. The molecule has 27 heavy (non-hydrogen) atoms. The summed E-state index contributed by atoms with van der Waals surface area (Å²) in [4.78, 5) is 28.6. The first-order valence-electron chi connectivity index (χ1n) is 9.34. The monoisotopic (exact) mass is 362 g/mol. The molecule has 0 bridgehead atoms. The molecule has 2 aromatic heterocycles. The lowest BCUT2D eigenvalue weighted by Gasteiger charge is -2.26. The molecule has 0 unspecified atom stereocenters. The van der Waals surface area contributed by atoms with Gasteiger partial charge in [0.2, 0.25) is 0 Å². The van der Waals surface area contributed by atoms with Gasteiger partial charge in [0.15, 0.2) is 0 Å². The molecule has 3 rings (SSSR count). The molecule has 140 valence electrons. The Morgan fingerprint density at radius 2 is 1.78 bits per heavy atom. The molecule has 0 radical (unpaired) electrons. The number of rotatable bonds is 4. The number of nitrogens with zero attached hydrogens (tertiary/aromatic N) is 4. The number of pyridine rings is 1. The van der Waals surface area contributed by atoms with Gasteiger partial charge in [-0.25, -0.2) is 15.0 Å². The summed E-state index contributed by atoms with van der Waals surface area (Å²) in [6.07, 6.45) is 3.52. The Bertz CT molecular complexity index is 993. The Morgan fingerprint density at radius 3 is 2.37 bits per heavy atom. The van der Waals surface area contributed by atoms with Crippen LogP contribution in [0.4, 0.5) is 0 Å². The predicted octanol–water partition coefficient (Wildman–Crippen LogP) is 4.49. The molecule has 0 N–H and O–H groups in total. The summed E-state index contributed by atoms with van der Waals surface area (Å²) in [5.41, 5.74) is 5.31. The normalized spacial score (nSPS) is 11.2. The summed E-state index contributed by atoms with van der Waals surface area (Å²) in [7, 11) is 0. The molecule has 0 aliphatic heterocycles. The zero-order chi connectivity index (χ0) is 19.7. The second-order valence-electron chi connectivity index (χ2n) is 7.16.